The Bertz CT molecular complexity index is 602. The first-order valence-electron chi connectivity index (χ1n) is 8.22. The molecule has 0 saturated carbocycles. The van der Waals surface area contributed by atoms with Gasteiger partial charge in [0.05, 0.1) is 5.75 Å². The fourth-order valence-electron chi connectivity index (χ4n) is 3.83. The van der Waals surface area contributed by atoms with E-state index in [4.69, 9.17) is 0 Å². The van der Waals surface area contributed by atoms with Crippen molar-refractivity contribution in [1.29, 1.82) is 0 Å². The van der Waals surface area contributed by atoms with Crippen LogP contribution in [-0.2, 0) is 10.0 Å². The van der Waals surface area contributed by atoms with Crippen LogP contribution < -0.4 is 0 Å². The van der Waals surface area contributed by atoms with Crippen molar-refractivity contribution < 1.29 is 8.42 Å². The number of nitrogens with zero attached hydrogens (tertiary/aromatic N) is 2. The molecule has 0 N–H and O–H groups in total. The molecule has 3 atom stereocenters. The van der Waals surface area contributed by atoms with Crippen LogP contribution in [0.25, 0.3) is 0 Å². The molecule has 0 aliphatic carbocycles. The van der Waals surface area contributed by atoms with Crippen molar-refractivity contribution >= 4 is 10.0 Å². The van der Waals surface area contributed by atoms with Crippen LogP contribution in [0.2, 0.25) is 0 Å². The van der Waals surface area contributed by atoms with E-state index >= 15 is 0 Å². The smallest absolute Gasteiger partial charge is 0.214 e. The molecule has 0 radical (unpaired) electrons. The predicted molar refractivity (Wildman–Crippen MR) is 89.4 cm³/mol. The maximum absolute atomic E-state index is 12.8. The molecule has 2 saturated heterocycles. The topological polar surface area (TPSA) is 40.6 Å². The van der Waals surface area contributed by atoms with Crippen LogP contribution in [0.4, 0.5) is 0 Å². The van der Waals surface area contributed by atoms with Gasteiger partial charge in [-0.15, -0.1) is 0 Å². The molecule has 1 aromatic carbocycles. The molecule has 0 spiro atoms. The van der Waals surface area contributed by atoms with Gasteiger partial charge in [-0.3, -0.25) is 4.90 Å². The molecule has 1 aromatic rings. The Hall–Kier alpha value is -0.910. The third kappa shape index (κ3) is 3.21. The Labute approximate surface area is 134 Å². The van der Waals surface area contributed by atoms with Crippen LogP contribution in [0.3, 0.4) is 0 Å². The van der Waals surface area contributed by atoms with Gasteiger partial charge >= 0.3 is 0 Å². The minimum atomic E-state index is -3.19. The molecule has 4 nitrogen and oxygen atoms in total. The Morgan fingerprint density at radius 1 is 1.14 bits per heavy atom. The lowest BCUT2D eigenvalue weighted by Crippen LogP contribution is -2.41. The number of hydrogen-bond acceptors (Lipinski definition) is 3. The molecule has 2 bridgehead atoms. The molecule has 0 aromatic heterocycles. The maximum Gasteiger partial charge on any atom is 0.214 e. The Kier molecular flexibility index (Phi) is 4.57. The van der Waals surface area contributed by atoms with E-state index < -0.39 is 10.0 Å². The number of sulfonamides is 1. The zero-order chi connectivity index (χ0) is 15.7. The summed E-state index contributed by atoms with van der Waals surface area (Å²) in [7, 11) is -1.05. The van der Waals surface area contributed by atoms with Crippen LogP contribution in [0.15, 0.2) is 30.3 Å². The van der Waals surface area contributed by atoms with E-state index in [1.54, 1.807) is 4.31 Å². The summed E-state index contributed by atoms with van der Waals surface area (Å²) in [5, 5.41) is 0. The molecule has 2 aliphatic rings. The van der Waals surface area contributed by atoms with E-state index in [0.717, 1.165) is 18.4 Å². The molecule has 0 unspecified atom stereocenters. The second-order valence-corrected chi connectivity index (χ2v) is 8.80. The minimum Gasteiger partial charge on any atom is -0.299 e. The fraction of sp³-hybridized carbons (Fsp3) is 0.647. The molecule has 2 fully saturated rings. The summed E-state index contributed by atoms with van der Waals surface area (Å²) in [4.78, 5) is 2.39. The lowest BCUT2D eigenvalue weighted by Gasteiger charge is -2.26. The van der Waals surface area contributed by atoms with Gasteiger partial charge < -0.3 is 0 Å². The highest BCUT2D eigenvalue weighted by Gasteiger charge is 2.38. The van der Waals surface area contributed by atoms with Crippen LogP contribution >= 0.6 is 0 Å². The first kappa shape index (κ1) is 16.0. The normalized spacial score (nSPS) is 28.5. The highest BCUT2D eigenvalue weighted by atomic mass is 32.2. The molecule has 22 heavy (non-hydrogen) atoms. The summed E-state index contributed by atoms with van der Waals surface area (Å²) in [6.45, 7) is 3.34. The minimum absolute atomic E-state index is 0.0318. The molecule has 5 heteroatoms. The third-order valence-electron chi connectivity index (χ3n) is 5.33. The van der Waals surface area contributed by atoms with E-state index in [1.807, 2.05) is 37.3 Å². The van der Waals surface area contributed by atoms with Crippen LogP contribution in [0.5, 0.6) is 0 Å². The van der Waals surface area contributed by atoms with Gasteiger partial charge in [0.2, 0.25) is 10.0 Å². The standard InChI is InChI=1S/C17H26N2O2S/c1-14(15-6-4-3-5-7-15)13-22(20,21)19-11-10-16-8-9-17(12-19)18(16)2/h3-7,14,16-17H,8-13H2,1-2H3/t14-,16-,17+/m1/s1. The predicted octanol–water partition coefficient (Wildman–Crippen LogP) is 2.29. The van der Waals surface area contributed by atoms with E-state index in [-0.39, 0.29) is 11.7 Å². The van der Waals surface area contributed by atoms with Crippen molar-refractivity contribution in [1.82, 2.24) is 9.21 Å². The summed E-state index contributed by atoms with van der Waals surface area (Å²) >= 11 is 0. The molecule has 3 rings (SSSR count). The molecule has 122 valence electrons. The van der Waals surface area contributed by atoms with Gasteiger partial charge in [-0.1, -0.05) is 37.3 Å². The second kappa shape index (κ2) is 6.30. The zero-order valence-electron chi connectivity index (χ0n) is 13.5. The molecular formula is C17H26N2O2S. The number of benzene rings is 1. The van der Waals surface area contributed by atoms with Gasteiger partial charge in [0.1, 0.15) is 0 Å². The van der Waals surface area contributed by atoms with Crippen molar-refractivity contribution in [3.8, 4) is 0 Å². The van der Waals surface area contributed by atoms with Crippen molar-refractivity contribution in [3.63, 3.8) is 0 Å². The molecule has 2 heterocycles. The molecular weight excluding hydrogens is 296 g/mol. The van der Waals surface area contributed by atoms with E-state index in [9.17, 15) is 8.42 Å². The summed E-state index contributed by atoms with van der Waals surface area (Å²) in [5.74, 6) is 0.238. The van der Waals surface area contributed by atoms with Gasteiger partial charge in [-0.2, -0.15) is 0 Å². The lowest BCUT2D eigenvalue weighted by atomic mass is 10.0. The van der Waals surface area contributed by atoms with Crippen molar-refractivity contribution in [2.45, 2.75) is 44.2 Å². The average molecular weight is 322 g/mol. The Morgan fingerprint density at radius 3 is 2.55 bits per heavy atom. The lowest BCUT2D eigenvalue weighted by molar-refractivity contribution is 0.246. The fourth-order valence-corrected chi connectivity index (χ4v) is 5.65. The van der Waals surface area contributed by atoms with Gasteiger partial charge in [-0.05, 0) is 37.8 Å². The largest absolute Gasteiger partial charge is 0.299 e. The second-order valence-electron chi connectivity index (χ2n) is 6.79. The van der Waals surface area contributed by atoms with Gasteiger partial charge in [0.15, 0.2) is 0 Å². The Morgan fingerprint density at radius 2 is 1.82 bits per heavy atom. The highest BCUT2D eigenvalue weighted by Crippen LogP contribution is 2.30. The average Bonchev–Trinajstić information content (AvgIpc) is 2.72. The Balaban J connectivity index is 1.70. The maximum atomic E-state index is 12.8. The first-order chi connectivity index (χ1) is 10.5. The summed E-state index contributed by atoms with van der Waals surface area (Å²) < 4.78 is 27.4. The highest BCUT2D eigenvalue weighted by molar-refractivity contribution is 7.89. The monoisotopic (exact) mass is 322 g/mol. The van der Waals surface area contributed by atoms with Gasteiger partial charge in [0, 0.05) is 25.2 Å². The quantitative estimate of drug-likeness (QED) is 0.854. The van der Waals surface area contributed by atoms with Crippen LogP contribution in [0, 0.1) is 0 Å². The van der Waals surface area contributed by atoms with Crippen molar-refractivity contribution in [2.24, 2.45) is 0 Å². The molecule has 0 amide bonds. The first-order valence-corrected chi connectivity index (χ1v) is 9.83. The van der Waals surface area contributed by atoms with Gasteiger partial charge in [-0.25, -0.2) is 12.7 Å². The summed E-state index contributed by atoms with van der Waals surface area (Å²) in [6, 6.07) is 10.9. The molecule has 2 aliphatic heterocycles. The number of rotatable bonds is 4. The van der Waals surface area contributed by atoms with E-state index in [2.05, 4.69) is 11.9 Å². The van der Waals surface area contributed by atoms with Crippen molar-refractivity contribution in [3.05, 3.63) is 35.9 Å². The third-order valence-corrected chi connectivity index (χ3v) is 7.37. The summed E-state index contributed by atoms with van der Waals surface area (Å²) in [5.41, 5.74) is 1.10. The van der Waals surface area contributed by atoms with Crippen LogP contribution in [-0.4, -0.2) is 55.6 Å². The van der Waals surface area contributed by atoms with Gasteiger partial charge in [0.25, 0.3) is 0 Å². The summed E-state index contributed by atoms with van der Waals surface area (Å²) in [6.07, 6.45) is 3.31. The van der Waals surface area contributed by atoms with E-state index in [0.29, 0.717) is 25.2 Å². The number of likely N-dealkylation sites (N-methyl/N-ethyl adjacent to an activating group) is 1. The SMILES string of the molecule is C[C@H](CS(=O)(=O)N1CC[C@H]2CC[C@@H](C1)N2C)c1ccccc1. The number of fused-ring (bicyclic) bond motifs is 2. The van der Waals surface area contributed by atoms with Crippen molar-refractivity contribution in [2.75, 3.05) is 25.9 Å². The van der Waals surface area contributed by atoms with Crippen LogP contribution in [0.1, 0.15) is 37.7 Å². The van der Waals surface area contributed by atoms with E-state index in [1.165, 1.54) is 6.42 Å². The number of hydrogen-bond donors (Lipinski definition) is 0. The zero-order valence-corrected chi connectivity index (χ0v) is 14.3.